The second-order valence-electron chi connectivity index (χ2n) is 13.5. The van der Waals surface area contributed by atoms with Crippen molar-refractivity contribution in [2.75, 3.05) is 31.1 Å². The number of aryl methyl sites for hydroxylation is 1. The molecule has 0 radical (unpaired) electrons. The number of carbonyl (C=O) groups excluding carboxylic acids is 1. The fourth-order valence-electron chi connectivity index (χ4n) is 8.15. The summed E-state index contributed by atoms with van der Waals surface area (Å²) in [6.45, 7) is 7.51. The van der Waals surface area contributed by atoms with Crippen LogP contribution in [0.15, 0.2) is 6.07 Å². The van der Waals surface area contributed by atoms with Crippen LogP contribution < -0.4 is 9.64 Å². The molecule has 0 spiro atoms. The van der Waals surface area contributed by atoms with Crippen LogP contribution in [0.2, 0.25) is 0 Å². The number of nitrogens with zero attached hydrogens (tertiary/aromatic N) is 5. The molecule has 0 N–H and O–H groups in total. The fourth-order valence-corrected chi connectivity index (χ4v) is 8.15. The maximum atomic E-state index is 15.4. The third-order valence-electron chi connectivity index (χ3n) is 9.77. The molecule has 5 atom stereocenters. The van der Waals surface area contributed by atoms with Crippen molar-refractivity contribution in [3.05, 3.63) is 23.3 Å². The van der Waals surface area contributed by atoms with Crippen LogP contribution in [0.1, 0.15) is 71.3 Å². The van der Waals surface area contributed by atoms with Crippen molar-refractivity contribution in [2.45, 2.75) is 108 Å². The summed E-state index contributed by atoms with van der Waals surface area (Å²) in [4.78, 5) is 28.7. The molecule has 5 aliphatic heterocycles. The van der Waals surface area contributed by atoms with Gasteiger partial charge >= 0.3 is 12.1 Å². The third-order valence-corrected chi connectivity index (χ3v) is 9.77. The van der Waals surface area contributed by atoms with Crippen LogP contribution in [0, 0.1) is 11.6 Å². The van der Waals surface area contributed by atoms with Gasteiger partial charge in [-0.05, 0) is 72.3 Å². The number of anilines is 1. The maximum Gasteiger partial charge on any atom is 0.410 e. The highest BCUT2D eigenvalue weighted by Gasteiger charge is 2.51. The predicted octanol–water partition coefficient (Wildman–Crippen LogP) is 5.16. The third kappa shape index (κ3) is 4.49. The van der Waals surface area contributed by atoms with E-state index >= 15 is 8.78 Å². The Morgan fingerprint density at radius 3 is 2.73 bits per heavy atom. The highest BCUT2D eigenvalue weighted by atomic mass is 19.1. The summed E-state index contributed by atoms with van der Waals surface area (Å²) >= 11 is 0. The lowest BCUT2D eigenvalue weighted by molar-refractivity contribution is 0.00700. The van der Waals surface area contributed by atoms with Crippen molar-refractivity contribution in [3.8, 4) is 6.01 Å². The van der Waals surface area contributed by atoms with E-state index in [1.165, 1.54) is 0 Å². The molecule has 41 heavy (non-hydrogen) atoms. The van der Waals surface area contributed by atoms with Crippen molar-refractivity contribution in [1.29, 1.82) is 0 Å². The van der Waals surface area contributed by atoms with Gasteiger partial charge in [-0.1, -0.05) is 0 Å². The van der Waals surface area contributed by atoms with Crippen molar-refractivity contribution in [1.82, 2.24) is 19.8 Å². The molecule has 1 amide bonds. The molecule has 4 saturated heterocycles. The molecule has 1 aromatic carbocycles. The minimum atomic E-state index is -0.898. The Kier molecular flexibility index (Phi) is 6.34. The second kappa shape index (κ2) is 9.61. The standard InChI is InChI=1S/C30H38F3N5O3/c1-29(2,3)41-28(39)38-18-8-9-23(38)22-7-4-6-19-20(32)12-21(33)25-24(19)26(37(22)15-18)35-27(34-25)40-16-30-10-5-11-36(30)14-17(31)13-30/h12,17-18,22-23H,4-11,13-16H2,1-3H3/t17-,18-,22-,23+,30?/m1/s1. The van der Waals surface area contributed by atoms with Gasteiger partial charge in [0, 0.05) is 31.1 Å². The minimum Gasteiger partial charge on any atom is -0.461 e. The van der Waals surface area contributed by atoms with Gasteiger partial charge in [0.15, 0.2) is 5.82 Å². The Morgan fingerprint density at radius 2 is 1.93 bits per heavy atom. The molecule has 5 aliphatic rings. The van der Waals surface area contributed by atoms with Crippen LogP contribution in [-0.4, -0.2) is 87.5 Å². The van der Waals surface area contributed by atoms with E-state index in [-0.39, 0.29) is 42.4 Å². The molecular weight excluding hydrogens is 535 g/mol. The average molecular weight is 574 g/mol. The highest BCUT2D eigenvalue weighted by Crippen LogP contribution is 2.45. The first kappa shape index (κ1) is 27.0. The van der Waals surface area contributed by atoms with Gasteiger partial charge in [-0.15, -0.1) is 0 Å². The molecule has 7 rings (SSSR count). The lowest BCUT2D eigenvalue weighted by atomic mass is 9.91. The molecule has 6 heterocycles. The molecular formula is C30H38F3N5O3. The van der Waals surface area contributed by atoms with Crippen LogP contribution in [-0.2, 0) is 11.2 Å². The smallest absolute Gasteiger partial charge is 0.410 e. The summed E-state index contributed by atoms with van der Waals surface area (Å²) in [6, 6.07) is 0.645. The summed E-state index contributed by atoms with van der Waals surface area (Å²) in [7, 11) is 0. The molecule has 11 heteroatoms. The lowest BCUT2D eigenvalue weighted by Gasteiger charge is -2.48. The van der Waals surface area contributed by atoms with Gasteiger partial charge in [0.2, 0.25) is 0 Å². The minimum absolute atomic E-state index is 0.0220. The lowest BCUT2D eigenvalue weighted by Crippen LogP contribution is -2.62. The molecule has 1 aromatic heterocycles. The normalized spacial score (nSPS) is 31.2. The van der Waals surface area contributed by atoms with Gasteiger partial charge in [-0.3, -0.25) is 9.80 Å². The van der Waals surface area contributed by atoms with Crippen LogP contribution in [0.4, 0.5) is 23.8 Å². The van der Waals surface area contributed by atoms with Crippen molar-refractivity contribution < 1.29 is 27.4 Å². The number of carbonyl (C=O) groups is 1. The number of aromatic nitrogens is 2. The summed E-state index contributed by atoms with van der Waals surface area (Å²) in [5.41, 5.74) is -0.556. The Labute approximate surface area is 238 Å². The molecule has 0 saturated carbocycles. The van der Waals surface area contributed by atoms with Crippen molar-refractivity contribution in [2.24, 2.45) is 0 Å². The number of rotatable bonds is 3. The summed E-state index contributed by atoms with van der Waals surface area (Å²) < 4.78 is 56.9. The molecule has 4 fully saturated rings. The van der Waals surface area contributed by atoms with Gasteiger partial charge in [0.05, 0.1) is 29.1 Å². The number of piperazine rings is 1. The van der Waals surface area contributed by atoms with Crippen molar-refractivity contribution in [3.63, 3.8) is 0 Å². The summed E-state index contributed by atoms with van der Waals surface area (Å²) in [5.74, 6) is -0.894. The number of halogens is 3. The Hall–Kier alpha value is -2.82. The van der Waals surface area contributed by atoms with Gasteiger partial charge in [0.1, 0.15) is 35.5 Å². The number of alkyl halides is 1. The molecule has 0 aliphatic carbocycles. The predicted molar refractivity (Wildman–Crippen MR) is 147 cm³/mol. The first-order valence-electron chi connectivity index (χ1n) is 15.0. The van der Waals surface area contributed by atoms with E-state index < -0.39 is 28.9 Å². The first-order chi connectivity index (χ1) is 19.5. The zero-order valence-electron chi connectivity index (χ0n) is 24.0. The molecule has 8 nitrogen and oxygen atoms in total. The largest absolute Gasteiger partial charge is 0.461 e. The zero-order chi connectivity index (χ0) is 28.7. The number of benzene rings is 1. The van der Waals surface area contributed by atoms with Crippen LogP contribution in [0.25, 0.3) is 10.9 Å². The zero-order valence-corrected chi connectivity index (χ0v) is 24.0. The highest BCUT2D eigenvalue weighted by molar-refractivity contribution is 5.94. The van der Waals surface area contributed by atoms with Crippen LogP contribution in [0.5, 0.6) is 6.01 Å². The molecule has 2 bridgehead atoms. The molecule has 222 valence electrons. The van der Waals surface area contributed by atoms with E-state index in [9.17, 15) is 9.18 Å². The summed E-state index contributed by atoms with van der Waals surface area (Å²) in [6.07, 6.45) is 4.47. The van der Waals surface area contributed by atoms with E-state index in [1.807, 2.05) is 25.7 Å². The van der Waals surface area contributed by atoms with Crippen molar-refractivity contribution >= 4 is 22.8 Å². The Balaban J connectivity index is 1.27. The topological polar surface area (TPSA) is 71.0 Å². The van der Waals surface area contributed by atoms with Gasteiger partial charge in [-0.25, -0.2) is 18.0 Å². The number of fused-ring (bicyclic) bond motifs is 6. The van der Waals surface area contributed by atoms with E-state index in [0.717, 1.165) is 44.7 Å². The van der Waals surface area contributed by atoms with E-state index in [4.69, 9.17) is 14.5 Å². The van der Waals surface area contributed by atoms with Gasteiger partial charge in [-0.2, -0.15) is 9.97 Å². The van der Waals surface area contributed by atoms with E-state index in [2.05, 4.69) is 14.8 Å². The van der Waals surface area contributed by atoms with Gasteiger partial charge in [0.25, 0.3) is 0 Å². The second-order valence-corrected chi connectivity index (χ2v) is 13.5. The number of ether oxygens (including phenoxy) is 2. The molecule has 1 unspecified atom stereocenters. The van der Waals surface area contributed by atoms with Gasteiger partial charge < -0.3 is 14.4 Å². The fraction of sp³-hybridized carbons (Fsp3) is 0.700. The average Bonchev–Trinajstić information content (AvgIpc) is 3.52. The monoisotopic (exact) mass is 573 g/mol. The maximum absolute atomic E-state index is 15.4. The Morgan fingerprint density at radius 1 is 1.10 bits per heavy atom. The first-order valence-corrected chi connectivity index (χ1v) is 15.0. The number of hydrogen-bond donors (Lipinski definition) is 0. The van der Waals surface area contributed by atoms with Crippen LogP contribution >= 0.6 is 0 Å². The number of amides is 1. The Bertz CT molecular complexity index is 1390. The quantitative estimate of drug-likeness (QED) is 0.503. The van der Waals surface area contributed by atoms with E-state index in [0.29, 0.717) is 49.1 Å². The molecule has 2 aromatic rings. The summed E-state index contributed by atoms with van der Waals surface area (Å²) in [5, 5.41) is 0.384. The van der Waals surface area contributed by atoms with E-state index in [1.54, 1.807) is 0 Å². The van der Waals surface area contributed by atoms with Crippen LogP contribution in [0.3, 0.4) is 0 Å². The SMILES string of the molecule is CC(C)(C)OC(=O)N1[C@@H]2CC[C@H]1[C@H]1CCCc3c(F)cc(F)c4nc(OCC56CCCN5C[C@H](F)C6)nc(c34)N1C2. The number of hydrogen-bond acceptors (Lipinski definition) is 7.